The van der Waals surface area contributed by atoms with E-state index in [1.165, 1.54) is 36.0 Å². The van der Waals surface area contributed by atoms with E-state index in [1.54, 1.807) is 13.2 Å². The maximum absolute atomic E-state index is 12.9. The number of hydrogen-bond donors (Lipinski definition) is 1. The van der Waals surface area contributed by atoms with Crippen LogP contribution >= 0.6 is 0 Å². The van der Waals surface area contributed by atoms with E-state index in [-0.39, 0.29) is 11.9 Å². The lowest BCUT2D eigenvalue weighted by Gasteiger charge is -2.24. The highest BCUT2D eigenvalue weighted by atomic mass is 16.5. The van der Waals surface area contributed by atoms with Crippen molar-refractivity contribution in [2.75, 3.05) is 7.11 Å². The molecule has 0 aliphatic heterocycles. The molecule has 28 heavy (non-hydrogen) atoms. The molecule has 4 nitrogen and oxygen atoms in total. The summed E-state index contributed by atoms with van der Waals surface area (Å²) in [6, 6.07) is 14.1. The van der Waals surface area contributed by atoms with E-state index in [0.717, 1.165) is 12.8 Å². The van der Waals surface area contributed by atoms with Crippen LogP contribution < -0.4 is 14.8 Å². The van der Waals surface area contributed by atoms with Crippen molar-refractivity contribution < 1.29 is 14.3 Å². The molecule has 150 valence electrons. The Morgan fingerprint density at radius 2 is 1.75 bits per heavy atom. The zero-order chi connectivity index (χ0) is 19.9. The van der Waals surface area contributed by atoms with Crippen LogP contribution in [0.4, 0.5) is 0 Å². The number of fused-ring (bicyclic) bond motifs is 1. The summed E-state index contributed by atoms with van der Waals surface area (Å²) in [4.78, 5) is 12.9. The first-order chi connectivity index (χ1) is 13.6. The van der Waals surface area contributed by atoms with Crippen molar-refractivity contribution in [3.63, 3.8) is 0 Å². The Bertz CT molecular complexity index is 802. The van der Waals surface area contributed by atoms with Gasteiger partial charge >= 0.3 is 0 Å². The summed E-state index contributed by atoms with van der Waals surface area (Å²) in [6.45, 7) is 4.07. The SMILES string of the molecule is CC[C@H](NC(=O)[C@@H](CC)Oc1cccc(OC)c1)c1ccc2c(c1)CCCC2. The lowest BCUT2D eigenvalue weighted by atomic mass is 9.88. The van der Waals surface area contributed by atoms with Gasteiger partial charge in [-0.1, -0.05) is 38.1 Å². The van der Waals surface area contributed by atoms with Crippen LogP contribution in [0.15, 0.2) is 42.5 Å². The molecular weight excluding hydrogens is 350 g/mol. The first-order valence-electron chi connectivity index (χ1n) is 10.4. The number of rotatable bonds is 8. The Morgan fingerprint density at radius 3 is 2.46 bits per heavy atom. The molecule has 0 bridgehead atoms. The van der Waals surface area contributed by atoms with E-state index < -0.39 is 6.10 Å². The van der Waals surface area contributed by atoms with Gasteiger partial charge in [0.1, 0.15) is 11.5 Å². The highest BCUT2D eigenvalue weighted by molar-refractivity contribution is 5.81. The van der Waals surface area contributed by atoms with Gasteiger partial charge < -0.3 is 14.8 Å². The third kappa shape index (κ3) is 4.86. The minimum absolute atomic E-state index is 0.00249. The van der Waals surface area contributed by atoms with Gasteiger partial charge in [-0.25, -0.2) is 0 Å². The van der Waals surface area contributed by atoms with Crippen LogP contribution in [0.25, 0.3) is 0 Å². The van der Waals surface area contributed by atoms with Gasteiger partial charge in [0.2, 0.25) is 0 Å². The summed E-state index contributed by atoms with van der Waals surface area (Å²) >= 11 is 0. The smallest absolute Gasteiger partial charge is 0.261 e. The number of benzene rings is 2. The van der Waals surface area contributed by atoms with Gasteiger partial charge in [0, 0.05) is 6.07 Å². The Morgan fingerprint density at radius 1 is 1.00 bits per heavy atom. The van der Waals surface area contributed by atoms with Crippen LogP contribution in [0, 0.1) is 0 Å². The molecule has 0 spiro atoms. The van der Waals surface area contributed by atoms with Gasteiger partial charge in [-0.3, -0.25) is 4.79 Å². The Balaban J connectivity index is 1.69. The van der Waals surface area contributed by atoms with Crippen molar-refractivity contribution in [1.82, 2.24) is 5.32 Å². The zero-order valence-corrected chi connectivity index (χ0v) is 17.2. The molecule has 0 heterocycles. The van der Waals surface area contributed by atoms with Crippen molar-refractivity contribution in [2.45, 2.75) is 64.5 Å². The fourth-order valence-electron chi connectivity index (χ4n) is 3.82. The van der Waals surface area contributed by atoms with Crippen LogP contribution in [0.2, 0.25) is 0 Å². The van der Waals surface area contributed by atoms with E-state index in [2.05, 4.69) is 30.4 Å². The fourth-order valence-corrected chi connectivity index (χ4v) is 3.82. The standard InChI is InChI=1S/C24H31NO3/c1-4-22(19-14-13-17-9-6-7-10-18(17)15-19)25-24(26)23(5-2)28-21-12-8-11-20(16-21)27-3/h8,11-16,22-23H,4-7,9-10H2,1-3H3,(H,25,26)/t22-,23+/m0/s1. The maximum atomic E-state index is 12.9. The number of hydrogen-bond acceptors (Lipinski definition) is 3. The third-order valence-electron chi connectivity index (χ3n) is 5.48. The van der Waals surface area contributed by atoms with E-state index in [4.69, 9.17) is 9.47 Å². The highest BCUT2D eigenvalue weighted by Gasteiger charge is 2.23. The lowest BCUT2D eigenvalue weighted by Crippen LogP contribution is -2.40. The van der Waals surface area contributed by atoms with Crippen LogP contribution in [0.3, 0.4) is 0 Å². The molecule has 2 atom stereocenters. The largest absolute Gasteiger partial charge is 0.497 e. The summed E-state index contributed by atoms with van der Waals surface area (Å²) in [6.07, 6.45) is 5.77. The van der Waals surface area contributed by atoms with E-state index >= 15 is 0 Å². The van der Waals surface area contributed by atoms with Crippen molar-refractivity contribution in [2.24, 2.45) is 0 Å². The molecule has 0 unspecified atom stereocenters. The topological polar surface area (TPSA) is 47.6 Å². The maximum Gasteiger partial charge on any atom is 0.261 e. The minimum atomic E-state index is -0.529. The van der Waals surface area contributed by atoms with Crippen molar-refractivity contribution in [1.29, 1.82) is 0 Å². The number of carbonyl (C=O) groups is 1. The Labute approximate surface area is 168 Å². The number of amides is 1. The monoisotopic (exact) mass is 381 g/mol. The van der Waals surface area contributed by atoms with E-state index in [0.29, 0.717) is 17.9 Å². The molecule has 0 saturated carbocycles. The van der Waals surface area contributed by atoms with Crippen molar-refractivity contribution in [3.8, 4) is 11.5 Å². The molecule has 4 heteroatoms. The second kappa shape index (κ2) is 9.63. The zero-order valence-electron chi connectivity index (χ0n) is 17.2. The predicted octanol–water partition coefficient (Wildman–Crippen LogP) is 5.00. The molecule has 0 radical (unpaired) electrons. The summed E-state index contributed by atoms with van der Waals surface area (Å²) in [5.74, 6) is 1.28. The van der Waals surface area contributed by atoms with Gasteiger partial charge in [0.15, 0.2) is 6.10 Å². The number of methoxy groups -OCH3 is 1. The first-order valence-corrected chi connectivity index (χ1v) is 10.4. The van der Waals surface area contributed by atoms with Gasteiger partial charge in [-0.15, -0.1) is 0 Å². The summed E-state index contributed by atoms with van der Waals surface area (Å²) in [5.41, 5.74) is 4.09. The summed E-state index contributed by atoms with van der Waals surface area (Å²) in [7, 11) is 1.62. The average molecular weight is 382 g/mol. The normalized spacial score (nSPS) is 15.2. The third-order valence-corrected chi connectivity index (χ3v) is 5.48. The Hall–Kier alpha value is -2.49. The second-order valence-electron chi connectivity index (χ2n) is 7.40. The molecule has 1 aliphatic carbocycles. The summed E-state index contributed by atoms with van der Waals surface area (Å²) in [5, 5.41) is 3.19. The van der Waals surface area contributed by atoms with Crippen LogP contribution in [-0.4, -0.2) is 19.1 Å². The second-order valence-corrected chi connectivity index (χ2v) is 7.40. The van der Waals surface area contributed by atoms with Crippen molar-refractivity contribution >= 4 is 5.91 Å². The molecule has 0 saturated heterocycles. The minimum Gasteiger partial charge on any atom is -0.497 e. The number of nitrogens with one attached hydrogen (secondary N) is 1. The van der Waals surface area contributed by atoms with Crippen molar-refractivity contribution in [3.05, 3.63) is 59.2 Å². The molecule has 2 aromatic rings. The predicted molar refractivity (Wildman–Crippen MR) is 112 cm³/mol. The molecule has 1 aliphatic rings. The molecular formula is C24H31NO3. The van der Waals surface area contributed by atoms with Gasteiger partial charge in [0.25, 0.3) is 5.91 Å². The van der Waals surface area contributed by atoms with E-state index in [1.807, 2.05) is 25.1 Å². The van der Waals surface area contributed by atoms with Gasteiger partial charge in [-0.2, -0.15) is 0 Å². The molecule has 1 amide bonds. The molecule has 0 aromatic heterocycles. The first kappa shape index (κ1) is 20.2. The quantitative estimate of drug-likeness (QED) is 0.700. The summed E-state index contributed by atoms with van der Waals surface area (Å²) < 4.78 is 11.2. The fraction of sp³-hybridized carbons (Fsp3) is 0.458. The number of aryl methyl sites for hydroxylation is 2. The molecule has 3 rings (SSSR count). The average Bonchev–Trinajstić information content (AvgIpc) is 2.75. The number of carbonyl (C=O) groups excluding carboxylic acids is 1. The molecule has 0 fully saturated rings. The van der Waals surface area contributed by atoms with Gasteiger partial charge in [0.05, 0.1) is 13.2 Å². The molecule has 1 N–H and O–H groups in total. The van der Waals surface area contributed by atoms with E-state index in [9.17, 15) is 4.79 Å². The lowest BCUT2D eigenvalue weighted by molar-refractivity contribution is -0.129. The van der Waals surface area contributed by atoms with Crippen LogP contribution in [-0.2, 0) is 17.6 Å². The van der Waals surface area contributed by atoms with Crippen LogP contribution in [0.5, 0.6) is 11.5 Å². The number of ether oxygens (including phenoxy) is 2. The van der Waals surface area contributed by atoms with Gasteiger partial charge in [-0.05, 0) is 67.3 Å². The highest BCUT2D eigenvalue weighted by Crippen LogP contribution is 2.26. The Kier molecular flexibility index (Phi) is 6.96. The molecule has 2 aromatic carbocycles. The van der Waals surface area contributed by atoms with Crippen LogP contribution in [0.1, 0.15) is 62.3 Å².